The SMILES string of the molecule is CC1=CC(C)CC(C(O)CCc2ccccc2)C1. The number of aliphatic hydroxyl groups is 1. The molecule has 2 rings (SSSR count). The fourth-order valence-corrected chi connectivity index (χ4v) is 3.08. The minimum absolute atomic E-state index is 0.156. The third kappa shape index (κ3) is 3.71. The largest absolute Gasteiger partial charge is 0.393 e. The van der Waals surface area contributed by atoms with Gasteiger partial charge in [0.15, 0.2) is 0 Å². The maximum Gasteiger partial charge on any atom is 0.0574 e. The first kappa shape index (κ1) is 13.4. The molecule has 1 aliphatic rings. The Morgan fingerprint density at radius 3 is 2.67 bits per heavy atom. The van der Waals surface area contributed by atoms with Gasteiger partial charge < -0.3 is 5.11 Å². The predicted molar refractivity (Wildman–Crippen MR) is 76.4 cm³/mol. The van der Waals surface area contributed by atoms with E-state index in [0.29, 0.717) is 11.8 Å². The van der Waals surface area contributed by atoms with E-state index in [1.54, 1.807) is 0 Å². The monoisotopic (exact) mass is 244 g/mol. The van der Waals surface area contributed by atoms with Gasteiger partial charge in [0.05, 0.1) is 6.10 Å². The van der Waals surface area contributed by atoms with E-state index in [1.807, 2.05) is 6.07 Å². The van der Waals surface area contributed by atoms with E-state index in [1.165, 1.54) is 11.1 Å². The Bertz CT molecular complexity index is 393. The minimum atomic E-state index is -0.156. The normalized spacial score (nSPS) is 25.6. The van der Waals surface area contributed by atoms with Crippen molar-refractivity contribution in [1.29, 1.82) is 0 Å². The van der Waals surface area contributed by atoms with Gasteiger partial charge in [0.2, 0.25) is 0 Å². The lowest BCUT2D eigenvalue weighted by Gasteiger charge is -2.29. The number of rotatable bonds is 4. The molecule has 0 amide bonds. The zero-order valence-corrected chi connectivity index (χ0v) is 11.5. The molecule has 1 heteroatoms. The molecule has 3 unspecified atom stereocenters. The standard InChI is InChI=1S/C17H24O/c1-13-10-14(2)12-16(11-13)17(18)9-8-15-6-4-3-5-7-15/h3-7,10,13,16-18H,8-9,11-12H2,1-2H3. The molecule has 0 aliphatic heterocycles. The minimum Gasteiger partial charge on any atom is -0.393 e. The van der Waals surface area contributed by atoms with Gasteiger partial charge in [-0.3, -0.25) is 0 Å². The molecule has 0 bridgehead atoms. The molecule has 98 valence electrons. The van der Waals surface area contributed by atoms with E-state index in [2.05, 4.69) is 44.2 Å². The Balaban J connectivity index is 1.85. The Morgan fingerprint density at radius 2 is 2.00 bits per heavy atom. The predicted octanol–water partition coefficient (Wildman–Crippen LogP) is 3.97. The average Bonchev–Trinajstić information content (AvgIpc) is 2.36. The summed E-state index contributed by atoms with van der Waals surface area (Å²) in [5.41, 5.74) is 2.77. The maximum absolute atomic E-state index is 10.3. The van der Waals surface area contributed by atoms with Crippen LogP contribution in [-0.4, -0.2) is 11.2 Å². The van der Waals surface area contributed by atoms with Gasteiger partial charge in [0, 0.05) is 0 Å². The molecule has 0 saturated carbocycles. The molecular weight excluding hydrogens is 220 g/mol. The zero-order chi connectivity index (χ0) is 13.0. The lowest BCUT2D eigenvalue weighted by atomic mass is 9.79. The van der Waals surface area contributed by atoms with Crippen LogP contribution in [0.4, 0.5) is 0 Å². The Kier molecular flexibility index (Phi) is 4.60. The van der Waals surface area contributed by atoms with Gasteiger partial charge in [-0.2, -0.15) is 0 Å². The lowest BCUT2D eigenvalue weighted by molar-refractivity contribution is 0.0853. The third-order valence-electron chi connectivity index (χ3n) is 3.94. The molecule has 1 aliphatic carbocycles. The molecule has 1 nitrogen and oxygen atoms in total. The number of aryl methyl sites for hydroxylation is 1. The van der Waals surface area contributed by atoms with Gasteiger partial charge in [-0.15, -0.1) is 0 Å². The molecule has 1 aromatic rings. The van der Waals surface area contributed by atoms with E-state index in [0.717, 1.165) is 25.7 Å². The van der Waals surface area contributed by atoms with Crippen LogP contribution in [0.5, 0.6) is 0 Å². The molecule has 18 heavy (non-hydrogen) atoms. The van der Waals surface area contributed by atoms with E-state index in [-0.39, 0.29) is 6.10 Å². The Labute approximate surface area is 111 Å². The fourth-order valence-electron chi connectivity index (χ4n) is 3.08. The molecule has 1 N–H and O–H groups in total. The van der Waals surface area contributed by atoms with E-state index in [4.69, 9.17) is 0 Å². The van der Waals surface area contributed by atoms with Crippen molar-refractivity contribution in [3.63, 3.8) is 0 Å². The molecule has 0 radical (unpaired) electrons. The first-order valence-corrected chi connectivity index (χ1v) is 7.04. The molecular formula is C17H24O. The van der Waals surface area contributed by atoms with Crippen molar-refractivity contribution in [2.75, 3.05) is 0 Å². The van der Waals surface area contributed by atoms with Crippen molar-refractivity contribution in [2.24, 2.45) is 11.8 Å². The summed E-state index contributed by atoms with van der Waals surface area (Å²) in [6.07, 6.45) is 6.26. The van der Waals surface area contributed by atoms with E-state index in [9.17, 15) is 5.11 Å². The van der Waals surface area contributed by atoms with Crippen LogP contribution in [0.1, 0.15) is 38.7 Å². The number of hydrogen-bond donors (Lipinski definition) is 1. The summed E-state index contributed by atoms with van der Waals surface area (Å²) in [4.78, 5) is 0. The summed E-state index contributed by atoms with van der Waals surface area (Å²) in [5.74, 6) is 1.07. The summed E-state index contributed by atoms with van der Waals surface area (Å²) in [7, 11) is 0. The van der Waals surface area contributed by atoms with Gasteiger partial charge in [-0.25, -0.2) is 0 Å². The van der Waals surface area contributed by atoms with Crippen LogP contribution >= 0.6 is 0 Å². The first-order valence-electron chi connectivity index (χ1n) is 7.04. The van der Waals surface area contributed by atoms with Crippen molar-refractivity contribution in [1.82, 2.24) is 0 Å². The summed E-state index contributed by atoms with van der Waals surface area (Å²) >= 11 is 0. The van der Waals surface area contributed by atoms with Crippen LogP contribution in [0.3, 0.4) is 0 Å². The smallest absolute Gasteiger partial charge is 0.0574 e. The number of aliphatic hydroxyl groups excluding tert-OH is 1. The second-order valence-electron chi connectivity index (χ2n) is 5.78. The van der Waals surface area contributed by atoms with Crippen molar-refractivity contribution < 1.29 is 5.11 Å². The van der Waals surface area contributed by atoms with Crippen molar-refractivity contribution in [3.8, 4) is 0 Å². The van der Waals surface area contributed by atoms with Crippen molar-refractivity contribution >= 4 is 0 Å². The molecule has 0 heterocycles. The quantitative estimate of drug-likeness (QED) is 0.794. The van der Waals surface area contributed by atoms with Crippen LogP contribution in [0.25, 0.3) is 0 Å². The zero-order valence-electron chi connectivity index (χ0n) is 11.5. The summed E-state index contributed by atoms with van der Waals surface area (Å²) in [5, 5.41) is 10.3. The van der Waals surface area contributed by atoms with E-state index < -0.39 is 0 Å². The third-order valence-corrected chi connectivity index (χ3v) is 3.94. The van der Waals surface area contributed by atoms with Crippen molar-refractivity contribution in [2.45, 2.75) is 45.6 Å². The number of allylic oxidation sites excluding steroid dienone is 2. The molecule has 0 aromatic heterocycles. The van der Waals surface area contributed by atoms with Gasteiger partial charge in [0.25, 0.3) is 0 Å². The fraction of sp³-hybridized carbons (Fsp3) is 0.529. The number of benzene rings is 1. The van der Waals surface area contributed by atoms with E-state index >= 15 is 0 Å². The highest BCUT2D eigenvalue weighted by molar-refractivity contribution is 5.15. The topological polar surface area (TPSA) is 20.2 Å². The number of hydrogen-bond acceptors (Lipinski definition) is 1. The Hall–Kier alpha value is -1.08. The highest BCUT2D eigenvalue weighted by atomic mass is 16.3. The summed E-state index contributed by atoms with van der Waals surface area (Å²) in [6, 6.07) is 10.5. The Morgan fingerprint density at radius 1 is 1.28 bits per heavy atom. The summed E-state index contributed by atoms with van der Waals surface area (Å²) in [6.45, 7) is 4.44. The van der Waals surface area contributed by atoms with Crippen LogP contribution < -0.4 is 0 Å². The first-order chi connectivity index (χ1) is 8.65. The molecule has 1 aromatic carbocycles. The van der Waals surface area contributed by atoms with Crippen molar-refractivity contribution in [3.05, 3.63) is 47.5 Å². The van der Waals surface area contributed by atoms with Crippen LogP contribution in [0.15, 0.2) is 42.0 Å². The van der Waals surface area contributed by atoms with Gasteiger partial charge >= 0.3 is 0 Å². The average molecular weight is 244 g/mol. The van der Waals surface area contributed by atoms with Crippen LogP contribution in [0, 0.1) is 11.8 Å². The van der Waals surface area contributed by atoms with Gasteiger partial charge in [-0.05, 0) is 50.0 Å². The summed E-state index contributed by atoms with van der Waals surface area (Å²) < 4.78 is 0. The van der Waals surface area contributed by atoms with Gasteiger partial charge in [-0.1, -0.05) is 48.9 Å². The highest BCUT2D eigenvalue weighted by Gasteiger charge is 2.24. The van der Waals surface area contributed by atoms with Crippen LogP contribution in [0.2, 0.25) is 0 Å². The molecule has 0 fully saturated rings. The second-order valence-corrected chi connectivity index (χ2v) is 5.78. The van der Waals surface area contributed by atoms with Gasteiger partial charge in [0.1, 0.15) is 0 Å². The second kappa shape index (κ2) is 6.19. The molecule has 3 atom stereocenters. The van der Waals surface area contributed by atoms with Crippen LogP contribution in [-0.2, 0) is 6.42 Å². The molecule has 0 spiro atoms. The molecule has 0 saturated heterocycles. The highest BCUT2D eigenvalue weighted by Crippen LogP contribution is 2.31. The lowest BCUT2D eigenvalue weighted by Crippen LogP contribution is -2.25. The maximum atomic E-state index is 10.3.